The standard InChI is InChI=1S/C78H118F8N12O14/c1-10-46(3)65-73(108)91(5)45-63(101)92(6)56-23-13-12-16-32-97(72(56)107)60(40-48-24-27-51(28-25-48)77(81,82)83)70(105)90(4)44-61(99)87-55(29-26-49-37-53(79)64(54(80)38-49)78(84,85)86)69(104)98-43-52(112-11-2)41-58(98)68(103)89-76(30-18-31-76)75(110)95(9)66(50-21-14-15-22-50)74(109)94(8)59(71(106)96-33-35-111-36-34-96)42-62(100)93(7)57(67(102)88-65)39-47-19-17-20-47/h12-13,46-60,64-66H,10-11,14-45H2,1-9H3,(H,87,99)(H,88,102)(H,89,103)/b13-12-/t46-,48?,49?,51?,52+,53?,54?,55-,56-,57-,58-,59-,60-,64?,65-,66-/m0/s1. The molecule has 4 aliphatic heterocycles. The maximum Gasteiger partial charge on any atom is 0.397 e. The topological polar surface area (TPSA) is 289 Å². The van der Waals surface area contributed by atoms with Gasteiger partial charge in [-0.05, 0) is 146 Å². The first-order valence-corrected chi connectivity index (χ1v) is 40.5. The summed E-state index contributed by atoms with van der Waals surface area (Å²) in [4.78, 5) is 194. The van der Waals surface area contributed by atoms with Gasteiger partial charge in [0.05, 0.1) is 44.7 Å². The van der Waals surface area contributed by atoms with Gasteiger partial charge in [0.15, 0.2) is 0 Å². The van der Waals surface area contributed by atoms with Gasteiger partial charge in [-0.3, -0.25) is 57.5 Å². The highest BCUT2D eigenvalue weighted by Gasteiger charge is 2.56. The van der Waals surface area contributed by atoms with E-state index in [1.165, 1.54) is 66.8 Å². The van der Waals surface area contributed by atoms with Crippen molar-refractivity contribution >= 4 is 70.9 Å². The molecule has 5 aliphatic carbocycles. The van der Waals surface area contributed by atoms with Crippen LogP contribution in [-0.4, -0.2) is 301 Å². The lowest BCUT2D eigenvalue weighted by Gasteiger charge is -2.47. The fourth-order valence-corrected chi connectivity index (χ4v) is 18.3. The number of nitrogens with zero attached hydrogens (tertiary/aromatic N) is 9. The Hall–Kier alpha value is -7.26. The van der Waals surface area contributed by atoms with Crippen LogP contribution in [-0.2, 0) is 67.0 Å². The van der Waals surface area contributed by atoms with Crippen LogP contribution in [0.1, 0.15) is 181 Å². The molecule has 9 aliphatic rings. The Morgan fingerprint density at radius 2 is 1.23 bits per heavy atom. The van der Waals surface area contributed by atoms with Crippen LogP contribution in [0, 0.1) is 41.4 Å². The number of alkyl halides is 8. The molecule has 0 aromatic carbocycles. The number of hydrogen-bond acceptors (Lipinski definition) is 14. The van der Waals surface area contributed by atoms with Gasteiger partial charge in [0.1, 0.15) is 72.1 Å². The van der Waals surface area contributed by atoms with Crippen LogP contribution >= 0.6 is 0 Å². The summed E-state index contributed by atoms with van der Waals surface area (Å²) in [7, 11) is 8.13. The van der Waals surface area contributed by atoms with E-state index < -0.39 is 230 Å². The maximum absolute atomic E-state index is 15.8. The van der Waals surface area contributed by atoms with E-state index in [1.807, 2.05) is 0 Å². The molecule has 630 valence electrons. The predicted octanol–water partition coefficient (Wildman–Crippen LogP) is 6.27. The zero-order valence-corrected chi connectivity index (χ0v) is 66.4. The Labute approximate surface area is 651 Å². The SMILES string of the molecule is CCO[C@@H]1C[C@H]2C(=O)NC3(CCC3)C(=O)N(C)[C@@H](C3CCCC3)C(=O)N(C)[C@H](C(=O)N3CCOCC3)CC(=O)N(C)[C@@H](CC3CCC3)C(=O)N[C@@H]([C@@H](C)CC)C(=O)N(C)CC(=O)N(C)[C@H]3C/C=C\CCN(C3=O)[C@@H](CC3CCC(C(F)(F)F)CC3)C(=O)N(C)CC(=O)N[C@@H](CCC3CC(F)C(C(F)(F)F)C(F)C3)C(=O)N2C1. The number of carbonyl (C=O) groups excluding carboxylic acids is 12. The fourth-order valence-electron chi connectivity index (χ4n) is 18.3. The van der Waals surface area contributed by atoms with Crippen LogP contribution in [0.25, 0.3) is 0 Å². The Morgan fingerprint density at radius 3 is 1.81 bits per heavy atom. The van der Waals surface area contributed by atoms with E-state index in [-0.39, 0.29) is 129 Å². The minimum Gasteiger partial charge on any atom is -0.378 e. The number of morpholine rings is 1. The van der Waals surface area contributed by atoms with E-state index in [9.17, 15) is 40.7 Å². The van der Waals surface area contributed by atoms with E-state index in [0.29, 0.717) is 38.5 Å². The van der Waals surface area contributed by atoms with Crippen molar-refractivity contribution in [2.75, 3.05) is 101 Å². The lowest BCUT2D eigenvalue weighted by molar-refractivity contribution is -0.219. The summed E-state index contributed by atoms with van der Waals surface area (Å²) in [6.45, 7) is 3.82. The van der Waals surface area contributed by atoms with Crippen molar-refractivity contribution < 1.29 is 102 Å². The van der Waals surface area contributed by atoms with E-state index in [2.05, 4.69) is 16.0 Å². The normalized spacial score (nSPS) is 32.8. The summed E-state index contributed by atoms with van der Waals surface area (Å²) >= 11 is 0. The number of carbonyl (C=O) groups is 12. The molecule has 8 fully saturated rings. The summed E-state index contributed by atoms with van der Waals surface area (Å²) < 4.78 is 127. The van der Waals surface area contributed by atoms with Crippen molar-refractivity contribution in [3.05, 3.63) is 12.2 Å². The van der Waals surface area contributed by atoms with Crippen molar-refractivity contribution in [1.82, 2.24) is 60.0 Å². The molecule has 12 amide bonds. The molecule has 26 nitrogen and oxygen atoms in total. The van der Waals surface area contributed by atoms with Crippen molar-refractivity contribution in [1.29, 1.82) is 0 Å². The largest absolute Gasteiger partial charge is 0.397 e. The Kier molecular flexibility index (Phi) is 30.5. The lowest BCUT2D eigenvalue weighted by atomic mass is 9.74. The van der Waals surface area contributed by atoms with Crippen molar-refractivity contribution in [3.63, 3.8) is 0 Å². The van der Waals surface area contributed by atoms with Gasteiger partial charge < -0.3 is 69.5 Å². The van der Waals surface area contributed by atoms with E-state index in [0.717, 1.165) is 38.9 Å². The Bertz CT molecular complexity index is 3370. The van der Waals surface area contributed by atoms with Gasteiger partial charge in [0.25, 0.3) is 0 Å². The second-order valence-corrected chi connectivity index (χ2v) is 33.3. The second kappa shape index (κ2) is 38.5. The van der Waals surface area contributed by atoms with Gasteiger partial charge in [-0.2, -0.15) is 26.3 Å². The first kappa shape index (κ1) is 88.7. The van der Waals surface area contributed by atoms with E-state index in [4.69, 9.17) is 9.47 Å². The molecule has 112 heavy (non-hydrogen) atoms. The number of rotatable bonds is 13. The highest BCUT2D eigenvalue weighted by atomic mass is 19.4. The third kappa shape index (κ3) is 21.1. The highest BCUT2D eigenvalue weighted by molar-refractivity contribution is 6.01. The van der Waals surface area contributed by atoms with Crippen LogP contribution in [0.3, 0.4) is 0 Å². The summed E-state index contributed by atoms with van der Waals surface area (Å²) in [5, 5.41) is 8.51. The quantitative estimate of drug-likeness (QED) is 0.135. The number of fused-ring (bicyclic) bond motifs is 3. The number of likely N-dealkylation sites (N-methyl/N-ethyl adjacent to an activating group) is 6. The number of nitrogens with one attached hydrogen (secondary N) is 3. The zero-order valence-electron chi connectivity index (χ0n) is 66.4. The number of ether oxygens (including phenoxy) is 2. The first-order chi connectivity index (χ1) is 52.9. The molecule has 0 radical (unpaired) electrons. The average Bonchev–Trinajstić information content (AvgIpc) is 1.16. The van der Waals surface area contributed by atoms with E-state index >= 15 is 51.9 Å². The molecule has 3 N–H and O–H groups in total. The molecule has 0 aromatic rings. The second-order valence-electron chi connectivity index (χ2n) is 33.3. The van der Waals surface area contributed by atoms with Crippen LogP contribution in [0.5, 0.6) is 0 Å². The summed E-state index contributed by atoms with van der Waals surface area (Å²) in [5.41, 5.74) is -1.70. The third-order valence-corrected chi connectivity index (χ3v) is 25.9. The monoisotopic (exact) mass is 1600 g/mol. The number of amides is 12. The molecule has 9 rings (SSSR count). The minimum absolute atomic E-state index is 0.00361. The molecule has 5 saturated carbocycles. The van der Waals surface area contributed by atoms with Gasteiger partial charge in [-0.1, -0.05) is 64.5 Å². The van der Waals surface area contributed by atoms with Crippen LogP contribution in [0.2, 0.25) is 0 Å². The maximum atomic E-state index is 15.8. The summed E-state index contributed by atoms with van der Waals surface area (Å²) in [6, 6.07) is -11.3. The van der Waals surface area contributed by atoms with Gasteiger partial charge in [-0.15, -0.1) is 0 Å². The summed E-state index contributed by atoms with van der Waals surface area (Å²) in [6.07, 6.45) is -10.7. The van der Waals surface area contributed by atoms with Crippen molar-refractivity contribution in [2.24, 2.45) is 41.4 Å². The molecule has 3 saturated heterocycles. The number of hydrogen-bond donors (Lipinski definition) is 3. The molecule has 34 heteroatoms. The molecule has 12 atom stereocenters. The molecule has 0 aromatic heterocycles. The smallest absolute Gasteiger partial charge is 0.378 e. The molecule has 1 spiro atoms. The number of halogens is 8. The van der Waals surface area contributed by atoms with E-state index in [1.54, 1.807) is 32.9 Å². The van der Waals surface area contributed by atoms with Gasteiger partial charge >= 0.3 is 12.4 Å². The van der Waals surface area contributed by atoms with Crippen LogP contribution in [0.4, 0.5) is 35.1 Å². The predicted molar refractivity (Wildman–Crippen MR) is 392 cm³/mol. The Morgan fingerprint density at radius 1 is 0.607 bits per heavy atom. The highest BCUT2D eigenvalue weighted by Crippen LogP contribution is 2.46. The van der Waals surface area contributed by atoms with Gasteiger partial charge in [0, 0.05) is 81.5 Å². The molecule has 2 unspecified atom stereocenters. The lowest BCUT2D eigenvalue weighted by Crippen LogP contribution is -2.68. The van der Waals surface area contributed by atoms with Crippen LogP contribution in [0.15, 0.2) is 12.2 Å². The summed E-state index contributed by atoms with van der Waals surface area (Å²) in [5.74, 6) is -16.6. The molecular weight excluding hydrogens is 1480 g/mol. The molecule has 2 bridgehead atoms. The fraction of sp³-hybridized carbons (Fsp3) is 0.821. The minimum atomic E-state index is -5.22. The van der Waals surface area contributed by atoms with Gasteiger partial charge in [-0.25, -0.2) is 8.78 Å². The van der Waals surface area contributed by atoms with Crippen molar-refractivity contribution in [3.8, 4) is 0 Å². The molecular formula is C78H118F8N12O14. The van der Waals surface area contributed by atoms with Crippen molar-refractivity contribution in [2.45, 2.75) is 266 Å². The average molecular weight is 1600 g/mol. The molecule has 4 heterocycles. The van der Waals surface area contributed by atoms with Crippen LogP contribution < -0.4 is 16.0 Å². The van der Waals surface area contributed by atoms with Gasteiger partial charge in [0.2, 0.25) is 70.9 Å². The Balaban J connectivity index is 1.11. The first-order valence-electron chi connectivity index (χ1n) is 40.5. The third-order valence-electron chi connectivity index (χ3n) is 25.9. The zero-order chi connectivity index (χ0) is 82.0.